The Balaban J connectivity index is 2.12. The predicted octanol–water partition coefficient (Wildman–Crippen LogP) is 2.52. The van der Waals surface area contributed by atoms with E-state index in [1.165, 1.54) is 19.3 Å². The van der Waals surface area contributed by atoms with Crippen LogP contribution in [0.1, 0.15) is 36.5 Å². The Kier molecular flexibility index (Phi) is 6.58. The highest BCUT2D eigenvalue weighted by molar-refractivity contribution is 7.99. The smallest absolute Gasteiger partial charge is 0.253 e. The molecule has 2 N–H and O–H groups in total. The second-order valence-electron chi connectivity index (χ2n) is 5.78. The molecule has 0 radical (unpaired) electrons. The standard InChI is InChI=1S/C17H26N2O2S/c1-13(16(12-20)22-2)18-17(21)14-8-4-5-9-15(14)19-10-6-3-7-11-19/h4-5,8-9,13,16,20H,3,6-7,10-12H2,1-2H3,(H,18,21). The van der Waals surface area contributed by atoms with Crippen molar-refractivity contribution in [3.8, 4) is 0 Å². The molecule has 1 aliphatic rings. The van der Waals surface area contributed by atoms with Gasteiger partial charge in [0.15, 0.2) is 0 Å². The van der Waals surface area contributed by atoms with E-state index in [2.05, 4.69) is 10.2 Å². The van der Waals surface area contributed by atoms with Gasteiger partial charge in [-0.3, -0.25) is 4.79 Å². The molecule has 1 amide bonds. The molecule has 2 atom stereocenters. The molecule has 1 aliphatic heterocycles. The lowest BCUT2D eigenvalue weighted by Crippen LogP contribution is -2.42. The van der Waals surface area contributed by atoms with Crippen molar-refractivity contribution >= 4 is 23.4 Å². The summed E-state index contributed by atoms with van der Waals surface area (Å²) in [7, 11) is 0. The first-order valence-corrected chi connectivity index (χ1v) is 9.24. The second kappa shape index (κ2) is 8.44. The summed E-state index contributed by atoms with van der Waals surface area (Å²) in [6, 6.07) is 7.75. The van der Waals surface area contributed by atoms with E-state index < -0.39 is 0 Å². The number of rotatable bonds is 6. The molecule has 2 unspecified atom stereocenters. The number of anilines is 1. The third-order valence-electron chi connectivity index (χ3n) is 4.24. The number of hydrogen-bond acceptors (Lipinski definition) is 4. The van der Waals surface area contributed by atoms with Crippen LogP contribution in [0.5, 0.6) is 0 Å². The van der Waals surface area contributed by atoms with Crippen molar-refractivity contribution in [2.24, 2.45) is 0 Å². The molecule has 122 valence electrons. The molecule has 4 nitrogen and oxygen atoms in total. The minimum atomic E-state index is -0.0677. The summed E-state index contributed by atoms with van der Waals surface area (Å²) < 4.78 is 0. The molecule has 0 aromatic heterocycles. The predicted molar refractivity (Wildman–Crippen MR) is 93.8 cm³/mol. The lowest BCUT2D eigenvalue weighted by atomic mass is 10.1. The number of carbonyl (C=O) groups is 1. The minimum Gasteiger partial charge on any atom is -0.395 e. The number of thioether (sulfide) groups is 1. The first kappa shape index (κ1) is 17.2. The van der Waals surface area contributed by atoms with Gasteiger partial charge in [-0.15, -0.1) is 0 Å². The van der Waals surface area contributed by atoms with Crippen LogP contribution in [0, 0.1) is 0 Å². The number of nitrogens with one attached hydrogen (secondary N) is 1. The van der Waals surface area contributed by atoms with Crippen molar-refractivity contribution in [3.63, 3.8) is 0 Å². The lowest BCUT2D eigenvalue weighted by Gasteiger charge is -2.30. The Labute approximate surface area is 137 Å². The molecule has 1 aromatic rings. The quantitative estimate of drug-likeness (QED) is 0.845. The maximum Gasteiger partial charge on any atom is 0.253 e. The van der Waals surface area contributed by atoms with E-state index in [4.69, 9.17) is 0 Å². The third kappa shape index (κ3) is 4.17. The number of amides is 1. The topological polar surface area (TPSA) is 52.6 Å². The highest BCUT2D eigenvalue weighted by Crippen LogP contribution is 2.24. The Morgan fingerprint density at radius 2 is 2.00 bits per heavy atom. The van der Waals surface area contributed by atoms with Crippen molar-refractivity contribution in [2.75, 3.05) is 30.9 Å². The van der Waals surface area contributed by atoms with E-state index in [0.29, 0.717) is 0 Å². The molecule has 0 bridgehead atoms. The number of aliphatic hydroxyl groups excluding tert-OH is 1. The fourth-order valence-corrected chi connectivity index (χ4v) is 3.52. The minimum absolute atomic E-state index is 0.0195. The van der Waals surface area contributed by atoms with Crippen LogP contribution in [0.4, 0.5) is 5.69 Å². The van der Waals surface area contributed by atoms with Gasteiger partial charge in [-0.05, 0) is 44.6 Å². The average Bonchev–Trinajstić information content (AvgIpc) is 2.56. The molecule has 0 saturated carbocycles. The number of aliphatic hydroxyl groups is 1. The van der Waals surface area contributed by atoms with Gasteiger partial charge < -0.3 is 15.3 Å². The normalized spacial score (nSPS) is 17.9. The molecule has 0 aliphatic carbocycles. The zero-order valence-corrected chi connectivity index (χ0v) is 14.2. The van der Waals surface area contributed by atoms with Crippen LogP contribution >= 0.6 is 11.8 Å². The van der Waals surface area contributed by atoms with Crippen LogP contribution in [0.15, 0.2) is 24.3 Å². The van der Waals surface area contributed by atoms with Crippen molar-refractivity contribution in [1.29, 1.82) is 0 Å². The fraction of sp³-hybridized carbons (Fsp3) is 0.588. The molecule has 1 saturated heterocycles. The molecular formula is C17H26N2O2S. The Morgan fingerprint density at radius 3 is 2.64 bits per heavy atom. The molecule has 22 heavy (non-hydrogen) atoms. The Morgan fingerprint density at radius 1 is 1.32 bits per heavy atom. The highest BCUT2D eigenvalue weighted by atomic mass is 32.2. The van der Waals surface area contributed by atoms with E-state index in [9.17, 15) is 9.90 Å². The van der Waals surface area contributed by atoms with Gasteiger partial charge in [0.2, 0.25) is 0 Å². The Hall–Kier alpha value is -1.20. The maximum atomic E-state index is 12.6. The first-order valence-electron chi connectivity index (χ1n) is 7.96. The zero-order valence-electron chi connectivity index (χ0n) is 13.4. The number of hydrogen-bond donors (Lipinski definition) is 2. The van der Waals surface area contributed by atoms with Crippen molar-refractivity contribution in [3.05, 3.63) is 29.8 Å². The highest BCUT2D eigenvalue weighted by Gasteiger charge is 2.22. The molecule has 1 aromatic carbocycles. The van der Waals surface area contributed by atoms with E-state index in [1.807, 2.05) is 37.4 Å². The SMILES string of the molecule is CSC(CO)C(C)NC(=O)c1ccccc1N1CCCCC1. The number of carbonyl (C=O) groups excluding carboxylic acids is 1. The van der Waals surface area contributed by atoms with E-state index in [-0.39, 0.29) is 23.8 Å². The second-order valence-corrected chi connectivity index (χ2v) is 6.86. The first-order chi connectivity index (χ1) is 10.7. The van der Waals surface area contributed by atoms with E-state index in [0.717, 1.165) is 24.3 Å². The lowest BCUT2D eigenvalue weighted by molar-refractivity contribution is 0.0936. The van der Waals surface area contributed by atoms with Gasteiger partial charge in [0.1, 0.15) is 0 Å². The van der Waals surface area contributed by atoms with Crippen LogP contribution in [-0.2, 0) is 0 Å². The van der Waals surface area contributed by atoms with Gasteiger partial charge in [-0.1, -0.05) is 12.1 Å². The van der Waals surface area contributed by atoms with Gasteiger partial charge in [0, 0.05) is 30.1 Å². The summed E-state index contributed by atoms with van der Waals surface area (Å²) in [5.74, 6) is -0.0545. The van der Waals surface area contributed by atoms with Crippen LogP contribution in [0.3, 0.4) is 0 Å². The third-order valence-corrected chi connectivity index (χ3v) is 5.41. The summed E-state index contributed by atoms with van der Waals surface area (Å²) in [5.41, 5.74) is 1.76. The van der Waals surface area contributed by atoms with Crippen molar-refractivity contribution in [1.82, 2.24) is 5.32 Å². The van der Waals surface area contributed by atoms with Crippen molar-refractivity contribution < 1.29 is 9.90 Å². The fourth-order valence-electron chi connectivity index (χ4n) is 2.89. The maximum absolute atomic E-state index is 12.6. The van der Waals surface area contributed by atoms with E-state index in [1.54, 1.807) is 11.8 Å². The van der Waals surface area contributed by atoms with Crippen LogP contribution < -0.4 is 10.2 Å². The van der Waals surface area contributed by atoms with Gasteiger partial charge in [-0.25, -0.2) is 0 Å². The van der Waals surface area contributed by atoms with Gasteiger partial charge in [0.05, 0.1) is 12.2 Å². The number of benzene rings is 1. The van der Waals surface area contributed by atoms with E-state index >= 15 is 0 Å². The number of nitrogens with zero attached hydrogens (tertiary/aromatic N) is 1. The largest absolute Gasteiger partial charge is 0.395 e. The zero-order chi connectivity index (χ0) is 15.9. The van der Waals surface area contributed by atoms with Crippen molar-refractivity contribution in [2.45, 2.75) is 37.5 Å². The summed E-state index contributed by atoms with van der Waals surface area (Å²) in [6.45, 7) is 4.04. The van der Waals surface area contributed by atoms with Crippen LogP contribution in [-0.4, -0.2) is 48.3 Å². The molecule has 5 heteroatoms. The molecule has 0 spiro atoms. The van der Waals surface area contributed by atoms with Crippen LogP contribution in [0.25, 0.3) is 0 Å². The molecule has 1 heterocycles. The summed E-state index contributed by atoms with van der Waals surface area (Å²) in [4.78, 5) is 14.9. The molecular weight excluding hydrogens is 296 g/mol. The molecule has 1 fully saturated rings. The van der Waals surface area contributed by atoms with Crippen LogP contribution in [0.2, 0.25) is 0 Å². The Bertz CT molecular complexity index is 485. The van der Waals surface area contributed by atoms with Gasteiger partial charge in [0.25, 0.3) is 5.91 Å². The summed E-state index contributed by atoms with van der Waals surface area (Å²) >= 11 is 1.57. The monoisotopic (exact) mass is 322 g/mol. The average molecular weight is 322 g/mol. The summed E-state index contributed by atoms with van der Waals surface area (Å²) in [5, 5.41) is 12.4. The number of para-hydroxylation sites is 1. The number of piperidine rings is 1. The summed E-state index contributed by atoms with van der Waals surface area (Å²) in [6.07, 6.45) is 5.59. The van der Waals surface area contributed by atoms with Gasteiger partial charge in [-0.2, -0.15) is 11.8 Å². The van der Waals surface area contributed by atoms with Gasteiger partial charge >= 0.3 is 0 Å². The molecule has 2 rings (SSSR count).